The van der Waals surface area contributed by atoms with Gasteiger partial charge < -0.3 is 10.1 Å². The number of ether oxygens (including phenoxy) is 1. The van der Waals surface area contributed by atoms with E-state index in [9.17, 15) is 18.0 Å². The first-order valence-corrected chi connectivity index (χ1v) is 9.17. The van der Waals surface area contributed by atoms with Crippen LogP contribution in [0.5, 0.6) is 5.75 Å². The van der Waals surface area contributed by atoms with Crippen LogP contribution in [0.1, 0.15) is 28.3 Å². The highest BCUT2D eigenvalue weighted by Crippen LogP contribution is 2.28. The molecular formula is C20H22F3N5O2. The molecule has 1 aromatic carbocycles. The molecule has 0 spiro atoms. The van der Waals surface area contributed by atoms with E-state index in [0.717, 1.165) is 27.8 Å². The Kier molecular flexibility index (Phi) is 5.86. The van der Waals surface area contributed by atoms with Gasteiger partial charge in [0, 0.05) is 5.69 Å². The highest BCUT2D eigenvalue weighted by molar-refractivity contribution is 5.91. The molecule has 0 radical (unpaired) electrons. The maximum absolute atomic E-state index is 12.8. The Labute approximate surface area is 171 Å². The molecule has 0 aliphatic carbocycles. The fourth-order valence-electron chi connectivity index (χ4n) is 3.10. The lowest BCUT2D eigenvalue weighted by atomic mass is 10.2. The van der Waals surface area contributed by atoms with Gasteiger partial charge in [0.15, 0.2) is 5.69 Å². The summed E-state index contributed by atoms with van der Waals surface area (Å²) in [5, 5.41) is 10.7. The SMILES string of the molecule is COc1cccc(Cn2nc(C)c(NC(=O)Cn3nc(C(F)(F)F)cc3C)c2C)c1. The van der Waals surface area contributed by atoms with Crippen LogP contribution in [-0.4, -0.2) is 32.6 Å². The van der Waals surface area contributed by atoms with E-state index < -0.39 is 17.8 Å². The smallest absolute Gasteiger partial charge is 0.435 e. The summed E-state index contributed by atoms with van der Waals surface area (Å²) in [7, 11) is 1.59. The minimum absolute atomic E-state index is 0.250. The molecule has 10 heteroatoms. The third-order valence-corrected chi connectivity index (χ3v) is 4.68. The second-order valence-electron chi connectivity index (χ2n) is 6.93. The topological polar surface area (TPSA) is 74.0 Å². The van der Waals surface area contributed by atoms with Gasteiger partial charge >= 0.3 is 6.18 Å². The van der Waals surface area contributed by atoms with E-state index in [4.69, 9.17) is 4.74 Å². The van der Waals surface area contributed by atoms with Crippen LogP contribution in [0, 0.1) is 20.8 Å². The number of carbonyl (C=O) groups is 1. The predicted octanol–water partition coefficient (Wildman–Crippen LogP) is 3.72. The fourth-order valence-corrected chi connectivity index (χ4v) is 3.10. The van der Waals surface area contributed by atoms with Crippen molar-refractivity contribution < 1.29 is 22.7 Å². The number of carbonyl (C=O) groups excluding carboxylic acids is 1. The number of nitrogens with one attached hydrogen (secondary N) is 1. The lowest BCUT2D eigenvalue weighted by Gasteiger charge is -2.09. The molecule has 0 aliphatic rings. The van der Waals surface area contributed by atoms with Gasteiger partial charge in [0.05, 0.1) is 30.7 Å². The summed E-state index contributed by atoms with van der Waals surface area (Å²) in [6.45, 7) is 5.19. The number of anilines is 1. The third-order valence-electron chi connectivity index (χ3n) is 4.68. The minimum Gasteiger partial charge on any atom is -0.497 e. The molecule has 0 saturated heterocycles. The highest BCUT2D eigenvalue weighted by atomic mass is 19.4. The van der Waals surface area contributed by atoms with Crippen molar-refractivity contribution in [2.45, 2.75) is 40.0 Å². The van der Waals surface area contributed by atoms with Crippen molar-refractivity contribution in [3.05, 3.63) is 58.7 Å². The van der Waals surface area contributed by atoms with Gasteiger partial charge in [-0.15, -0.1) is 0 Å². The maximum Gasteiger partial charge on any atom is 0.435 e. The largest absolute Gasteiger partial charge is 0.497 e. The fraction of sp³-hybridized carbons (Fsp3) is 0.350. The zero-order valence-electron chi connectivity index (χ0n) is 17.0. The van der Waals surface area contributed by atoms with Gasteiger partial charge in [-0.2, -0.15) is 23.4 Å². The molecule has 0 aliphatic heterocycles. The number of benzene rings is 1. The molecule has 3 aromatic rings. The van der Waals surface area contributed by atoms with Crippen molar-refractivity contribution in [2.75, 3.05) is 12.4 Å². The molecule has 2 aromatic heterocycles. The lowest BCUT2D eigenvalue weighted by Crippen LogP contribution is -2.21. The van der Waals surface area contributed by atoms with Crippen LogP contribution in [0.3, 0.4) is 0 Å². The van der Waals surface area contributed by atoms with Crippen LogP contribution in [0.2, 0.25) is 0 Å². The Bertz CT molecular complexity index is 1070. The first kappa shape index (κ1) is 21.4. The van der Waals surface area contributed by atoms with E-state index in [2.05, 4.69) is 15.5 Å². The number of hydrogen-bond acceptors (Lipinski definition) is 4. The van der Waals surface area contributed by atoms with E-state index in [-0.39, 0.29) is 12.2 Å². The Balaban J connectivity index is 1.74. The second-order valence-corrected chi connectivity index (χ2v) is 6.93. The molecule has 0 fully saturated rings. The Hall–Kier alpha value is -3.30. The van der Waals surface area contributed by atoms with Crippen molar-refractivity contribution in [3.63, 3.8) is 0 Å². The first-order valence-electron chi connectivity index (χ1n) is 9.17. The van der Waals surface area contributed by atoms with Gasteiger partial charge in [-0.1, -0.05) is 12.1 Å². The molecule has 3 rings (SSSR count). The summed E-state index contributed by atoms with van der Waals surface area (Å²) >= 11 is 0. The van der Waals surface area contributed by atoms with Crippen molar-refractivity contribution >= 4 is 11.6 Å². The van der Waals surface area contributed by atoms with Crippen molar-refractivity contribution in [1.82, 2.24) is 19.6 Å². The number of hydrogen-bond donors (Lipinski definition) is 1. The molecule has 2 heterocycles. The molecule has 7 nitrogen and oxygen atoms in total. The summed E-state index contributed by atoms with van der Waals surface area (Å²) in [5.74, 6) is 0.248. The quantitative estimate of drug-likeness (QED) is 0.658. The summed E-state index contributed by atoms with van der Waals surface area (Å²) in [6.07, 6.45) is -4.55. The molecule has 0 saturated carbocycles. The summed E-state index contributed by atoms with van der Waals surface area (Å²) < 4.78 is 46.4. The molecule has 0 atom stereocenters. The zero-order valence-corrected chi connectivity index (χ0v) is 17.0. The molecule has 0 bridgehead atoms. The molecular weight excluding hydrogens is 399 g/mol. The van der Waals surface area contributed by atoms with Gasteiger partial charge in [0.2, 0.25) is 5.91 Å². The standard InChI is InChI=1S/C20H22F3N5O2/c1-12-8-17(20(21,22)23)26-27(12)11-18(29)24-19-13(2)25-28(14(19)3)10-15-6-5-7-16(9-15)30-4/h5-9H,10-11H2,1-4H3,(H,24,29). The summed E-state index contributed by atoms with van der Waals surface area (Å²) in [5.41, 5.74) is 2.08. The van der Waals surface area contributed by atoms with E-state index in [1.54, 1.807) is 18.7 Å². The number of rotatable bonds is 6. The second kappa shape index (κ2) is 8.21. The van der Waals surface area contributed by atoms with Crippen LogP contribution >= 0.6 is 0 Å². The van der Waals surface area contributed by atoms with Crippen LogP contribution in [0.4, 0.5) is 18.9 Å². The molecule has 1 amide bonds. The van der Waals surface area contributed by atoms with Gasteiger partial charge in [-0.05, 0) is 44.5 Å². The number of aromatic nitrogens is 4. The van der Waals surface area contributed by atoms with E-state index >= 15 is 0 Å². The highest BCUT2D eigenvalue weighted by Gasteiger charge is 2.34. The van der Waals surface area contributed by atoms with Crippen LogP contribution < -0.4 is 10.1 Å². The maximum atomic E-state index is 12.8. The zero-order chi connectivity index (χ0) is 22.1. The normalized spacial score (nSPS) is 11.6. The third kappa shape index (κ3) is 4.64. The predicted molar refractivity (Wildman–Crippen MR) is 104 cm³/mol. The van der Waals surface area contributed by atoms with Gasteiger partial charge in [0.1, 0.15) is 12.3 Å². The molecule has 30 heavy (non-hydrogen) atoms. The van der Waals surface area contributed by atoms with Crippen molar-refractivity contribution in [3.8, 4) is 5.75 Å². The van der Waals surface area contributed by atoms with Crippen LogP contribution in [0.25, 0.3) is 0 Å². The molecule has 160 valence electrons. The van der Waals surface area contributed by atoms with Gasteiger partial charge in [-0.25, -0.2) is 0 Å². The van der Waals surface area contributed by atoms with Crippen molar-refractivity contribution in [2.24, 2.45) is 0 Å². The Morgan fingerprint density at radius 1 is 1.13 bits per heavy atom. The lowest BCUT2D eigenvalue weighted by molar-refractivity contribution is -0.141. The van der Waals surface area contributed by atoms with Crippen LogP contribution in [-0.2, 0) is 24.1 Å². The van der Waals surface area contributed by atoms with E-state index in [1.807, 2.05) is 31.2 Å². The Morgan fingerprint density at radius 3 is 2.50 bits per heavy atom. The number of nitrogens with zero attached hydrogens (tertiary/aromatic N) is 4. The molecule has 0 unspecified atom stereocenters. The number of aryl methyl sites for hydroxylation is 2. The summed E-state index contributed by atoms with van der Waals surface area (Å²) in [4.78, 5) is 12.4. The van der Waals surface area contributed by atoms with E-state index in [0.29, 0.717) is 17.9 Å². The van der Waals surface area contributed by atoms with E-state index in [1.165, 1.54) is 6.92 Å². The minimum atomic E-state index is -4.55. The number of alkyl halides is 3. The average molecular weight is 421 g/mol. The summed E-state index contributed by atoms with van der Waals surface area (Å²) in [6, 6.07) is 8.47. The van der Waals surface area contributed by atoms with Gasteiger partial charge in [0.25, 0.3) is 0 Å². The number of halogens is 3. The number of amides is 1. The van der Waals surface area contributed by atoms with Gasteiger partial charge in [-0.3, -0.25) is 14.2 Å². The Morgan fingerprint density at radius 2 is 1.87 bits per heavy atom. The van der Waals surface area contributed by atoms with Crippen LogP contribution in [0.15, 0.2) is 30.3 Å². The molecule has 1 N–H and O–H groups in total. The van der Waals surface area contributed by atoms with Crippen molar-refractivity contribution in [1.29, 1.82) is 0 Å². The average Bonchev–Trinajstić information content (AvgIpc) is 3.17. The monoisotopic (exact) mass is 421 g/mol. The first-order chi connectivity index (χ1) is 14.1. The number of methoxy groups -OCH3 is 1.